The Labute approximate surface area is 95.0 Å². The molecule has 2 N–H and O–H groups in total. The lowest BCUT2D eigenvalue weighted by molar-refractivity contribution is -0.136. The first-order valence-corrected chi connectivity index (χ1v) is 6.57. The van der Waals surface area contributed by atoms with Gasteiger partial charge in [0.05, 0.1) is 12.2 Å². The smallest absolute Gasteiger partial charge is 0.304 e. The van der Waals surface area contributed by atoms with Gasteiger partial charge < -0.3 is 10.4 Å². The van der Waals surface area contributed by atoms with E-state index in [9.17, 15) is 18.0 Å². The molecule has 0 radical (unpaired) electrons. The van der Waals surface area contributed by atoms with E-state index in [0.29, 0.717) is 0 Å². The Bertz CT molecular complexity index is 366. The molecule has 0 bridgehead atoms. The van der Waals surface area contributed by atoms with Crippen molar-refractivity contribution in [3.8, 4) is 0 Å². The quantitative estimate of drug-likeness (QED) is 0.704. The zero-order valence-electron chi connectivity index (χ0n) is 9.61. The van der Waals surface area contributed by atoms with Gasteiger partial charge in [-0.25, -0.2) is 8.42 Å². The second-order valence-electron chi connectivity index (χ2n) is 4.53. The second kappa shape index (κ2) is 5.29. The largest absolute Gasteiger partial charge is 0.481 e. The van der Waals surface area contributed by atoms with E-state index in [0.717, 1.165) is 0 Å². The van der Waals surface area contributed by atoms with Crippen LogP contribution in [0.15, 0.2) is 0 Å². The molecule has 94 valence electrons. The molecule has 0 aromatic heterocycles. The molecule has 0 fully saturated rings. The molecule has 16 heavy (non-hydrogen) atoms. The fourth-order valence-electron chi connectivity index (χ4n) is 0.969. The summed E-state index contributed by atoms with van der Waals surface area (Å²) in [4.78, 5) is 21.5. The van der Waals surface area contributed by atoms with Crippen LogP contribution in [0.25, 0.3) is 0 Å². The van der Waals surface area contributed by atoms with E-state index in [1.807, 2.05) is 0 Å². The first-order valence-electron chi connectivity index (χ1n) is 4.75. The summed E-state index contributed by atoms with van der Waals surface area (Å²) in [7, 11) is -3.64. The van der Waals surface area contributed by atoms with Crippen molar-refractivity contribution in [2.45, 2.75) is 32.7 Å². The van der Waals surface area contributed by atoms with Gasteiger partial charge in [0.2, 0.25) is 5.91 Å². The van der Waals surface area contributed by atoms with Gasteiger partial charge in [-0.15, -0.1) is 0 Å². The molecule has 1 amide bonds. The van der Waals surface area contributed by atoms with Crippen LogP contribution < -0.4 is 5.32 Å². The Kier molecular flexibility index (Phi) is 4.92. The Morgan fingerprint density at radius 3 is 2.12 bits per heavy atom. The molecule has 0 aromatic rings. The second-order valence-corrected chi connectivity index (χ2v) is 6.72. The number of nitrogens with one attached hydrogen (secondary N) is 1. The van der Waals surface area contributed by atoms with E-state index >= 15 is 0 Å². The van der Waals surface area contributed by atoms with Gasteiger partial charge in [0.1, 0.15) is 5.75 Å². The van der Waals surface area contributed by atoms with E-state index in [4.69, 9.17) is 5.11 Å². The molecule has 0 rings (SSSR count). The number of hydrogen-bond donors (Lipinski definition) is 2. The summed E-state index contributed by atoms with van der Waals surface area (Å²) in [6, 6.07) is 0. The predicted molar refractivity (Wildman–Crippen MR) is 58.8 cm³/mol. The van der Waals surface area contributed by atoms with Crippen molar-refractivity contribution < 1.29 is 23.1 Å². The van der Waals surface area contributed by atoms with Gasteiger partial charge >= 0.3 is 5.97 Å². The number of amides is 1. The van der Waals surface area contributed by atoms with Gasteiger partial charge in [-0.3, -0.25) is 9.59 Å². The number of hydrogen-bond acceptors (Lipinski definition) is 4. The first-order chi connectivity index (χ1) is 7.02. The first kappa shape index (κ1) is 14.9. The molecule has 0 spiro atoms. The van der Waals surface area contributed by atoms with Crippen LogP contribution in [-0.2, 0) is 19.4 Å². The van der Waals surface area contributed by atoms with Crippen molar-refractivity contribution in [2.24, 2.45) is 0 Å². The third-order valence-corrected chi connectivity index (χ3v) is 3.02. The van der Waals surface area contributed by atoms with Crippen molar-refractivity contribution in [3.05, 3.63) is 0 Å². The van der Waals surface area contributed by atoms with Crippen LogP contribution in [0, 0.1) is 0 Å². The number of carbonyl (C=O) groups excluding carboxylic acids is 1. The number of carboxylic acid groups (broad SMARTS) is 1. The van der Waals surface area contributed by atoms with Crippen LogP contribution in [0.1, 0.15) is 27.2 Å². The normalized spacial score (nSPS) is 12.2. The summed E-state index contributed by atoms with van der Waals surface area (Å²) in [6.07, 6.45) is -0.481. The Morgan fingerprint density at radius 1 is 1.25 bits per heavy atom. The summed E-state index contributed by atoms with van der Waals surface area (Å²) in [5, 5.41) is 10.8. The summed E-state index contributed by atoms with van der Waals surface area (Å²) in [5.74, 6) is -2.99. The van der Waals surface area contributed by atoms with Crippen LogP contribution in [0.2, 0.25) is 0 Å². The lowest BCUT2D eigenvalue weighted by Crippen LogP contribution is -2.43. The van der Waals surface area contributed by atoms with E-state index in [1.165, 1.54) is 0 Å². The van der Waals surface area contributed by atoms with Crippen molar-refractivity contribution in [1.29, 1.82) is 0 Å². The molecule has 0 heterocycles. The number of aliphatic carboxylic acids is 1. The van der Waals surface area contributed by atoms with E-state index in [-0.39, 0.29) is 0 Å². The van der Waals surface area contributed by atoms with Gasteiger partial charge in [-0.05, 0) is 20.8 Å². The molecule has 0 aliphatic carbocycles. The van der Waals surface area contributed by atoms with Crippen molar-refractivity contribution in [1.82, 2.24) is 5.32 Å². The molecule has 0 aliphatic rings. The van der Waals surface area contributed by atoms with Gasteiger partial charge in [-0.1, -0.05) is 0 Å². The molecule has 7 heteroatoms. The van der Waals surface area contributed by atoms with Crippen LogP contribution in [0.5, 0.6) is 0 Å². The van der Waals surface area contributed by atoms with Crippen molar-refractivity contribution in [2.75, 3.05) is 11.5 Å². The van der Waals surface area contributed by atoms with Crippen LogP contribution in [0.4, 0.5) is 0 Å². The number of rotatable bonds is 5. The van der Waals surface area contributed by atoms with E-state index in [1.54, 1.807) is 20.8 Å². The molecular weight excluding hydrogens is 234 g/mol. The SMILES string of the molecule is CC(C)(C)NC(=O)CS(=O)(=O)CCC(=O)O. The summed E-state index contributed by atoms with van der Waals surface area (Å²) in [5.41, 5.74) is -0.501. The fraction of sp³-hybridized carbons (Fsp3) is 0.778. The predicted octanol–water partition coefficient (Wildman–Crippen LogP) is -0.209. The highest BCUT2D eigenvalue weighted by Gasteiger charge is 2.21. The maximum atomic E-state index is 11.3. The highest BCUT2D eigenvalue weighted by molar-refractivity contribution is 7.92. The highest BCUT2D eigenvalue weighted by atomic mass is 32.2. The van der Waals surface area contributed by atoms with Gasteiger partial charge in [0.15, 0.2) is 9.84 Å². The molecule has 6 nitrogen and oxygen atoms in total. The Balaban J connectivity index is 4.27. The highest BCUT2D eigenvalue weighted by Crippen LogP contribution is 2.00. The molecule has 0 atom stereocenters. The van der Waals surface area contributed by atoms with Crippen LogP contribution in [0.3, 0.4) is 0 Å². The molecular formula is C9H17NO5S. The monoisotopic (exact) mass is 251 g/mol. The zero-order chi connectivity index (χ0) is 13.0. The maximum Gasteiger partial charge on any atom is 0.304 e. The zero-order valence-corrected chi connectivity index (χ0v) is 10.4. The average molecular weight is 251 g/mol. The van der Waals surface area contributed by atoms with E-state index in [2.05, 4.69) is 5.32 Å². The lowest BCUT2D eigenvalue weighted by atomic mass is 10.1. The minimum atomic E-state index is -3.64. The van der Waals surface area contributed by atoms with Gasteiger partial charge in [0.25, 0.3) is 0 Å². The van der Waals surface area contributed by atoms with E-state index < -0.39 is 45.2 Å². The summed E-state index contributed by atoms with van der Waals surface area (Å²) < 4.78 is 22.6. The van der Waals surface area contributed by atoms with Gasteiger partial charge in [-0.2, -0.15) is 0 Å². The third kappa shape index (κ3) is 8.22. The maximum absolute atomic E-state index is 11.3. The van der Waals surface area contributed by atoms with Crippen LogP contribution in [-0.4, -0.2) is 42.4 Å². The number of carbonyl (C=O) groups is 2. The lowest BCUT2D eigenvalue weighted by Gasteiger charge is -2.20. The number of sulfone groups is 1. The average Bonchev–Trinajstić information content (AvgIpc) is 1.95. The molecule has 0 aliphatic heterocycles. The molecule has 0 unspecified atom stereocenters. The standard InChI is InChI=1S/C9H17NO5S/c1-9(2,3)10-7(11)6-16(14,15)5-4-8(12)13/h4-6H2,1-3H3,(H,10,11)(H,12,13). The van der Waals surface area contributed by atoms with Crippen molar-refractivity contribution in [3.63, 3.8) is 0 Å². The minimum absolute atomic E-state index is 0.481. The van der Waals surface area contributed by atoms with Crippen molar-refractivity contribution >= 4 is 21.7 Å². The topological polar surface area (TPSA) is 101 Å². The molecule has 0 saturated heterocycles. The molecule has 0 aromatic carbocycles. The number of carboxylic acids is 1. The summed E-state index contributed by atoms with van der Waals surface area (Å²) >= 11 is 0. The fourth-order valence-corrected chi connectivity index (χ4v) is 2.07. The third-order valence-electron chi connectivity index (χ3n) is 1.49. The van der Waals surface area contributed by atoms with Gasteiger partial charge in [0, 0.05) is 5.54 Å². The minimum Gasteiger partial charge on any atom is -0.481 e. The molecule has 0 saturated carbocycles. The Hall–Kier alpha value is -1.11. The van der Waals surface area contributed by atoms with Crippen LogP contribution >= 0.6 is 0 Å². The summed E-state index contributed by atoms with van der Waals surface area (Å²) in [6.45, 7) is 5.19. The Morgan fingerprint density at radius 2 is 1.75 bits per heavy atom.